The SMILES string of the molecule is CCCNC(CC)CCCN(CCOC)C(C)C1CC1. The van der Waals surface area contributed by atoms with Gasteiger partial charge in [0.05, 0.1) is 6.61 Å². The Morgan fingerprint density at radius 3 is 2.55 bits per heavy atom. The molecule has 0 saturated heterocycles. The predicted molar refractivity (Wildman–Crippen MR) is 87.2 cm³/mol. The second kappa shape index (κ2) is 10.6. The van der Waals surface area contributed by atoms with E-state index in [1.807, 2.05) is 7.11 Å². The fraction of sp³-hybridized carbons (Fsp3) is 1.00. The summed E-state index contributed by atoms with van der Waals surface area (Å²) in [5, 5.41) is 3.66. The van der Waals surface area contributed by atoms with Gasteiger partial charge in [0.2, 0.25) is 0 Å². The van der Waals surface area contributed by atoms with Gasteiger partial charge < -0.3 is 10.1 Å². The highest BCUT2D eigenvalue weighted by molar-refractivity contribution is 4.85. The Bertz CT molecular complexity index is 231. The Kier molecular flexibility index (Phi) is 9.49. The van der Waals surface area contributed by atoms with Crippen molar-refractivity contribution in [2.75, 3.05) is 33.4 Å². The van der Waals surface area contributed by atoms with Crippen molar-refractivity contribution in [2.24, 2.45) is 5.92 Å². The summed E-state index contributed by atoms with van der Waals surface area (Å²) in [6.07, 6.45) is 7.94. The van der Waals surface area contributed by atoms with E-state index in [0.717, 1.165) is 31.7 Å². The van der Waals surface area contributed by atoms with E-state index < -0.39 is 0 Å². The molecule has 0 radical (unpaired) electrons. The van der Waals surface area contributed by atoms with E-state index in [4.69, 9.17) is 4.74 Å². The van der Waals surface area contributed by atoms with Crippen molar-refractivity contribution in [1.29, 1.82) is 0 Å². The predicted octanol–water partition coefficient (Wildman–Crippen LogP) is 3.29. The van der Waals surface area contributed by atoms with Crippen LogP contribution in [0.2, 0.25) is 0 Å². The number of nitrogens with zero attached hydrogens (tertiary/aromatic N) is 1. The lowest BCUT2D eigenvalue weighted by molar-refractivity contribution is 0.114. The number of methoxy groups -OCH3 is 1. The third-order valence-electron chi connectivity index (χ3n) is 4.64. The molecule has 0 aromatic rings. The van der Waals surface area contributed by atoms with Gasteiger partial charge in [-0.1, -0.05) is 13.8 Å². The minimum atomic E-state index is 0.704. The van der Waals surface area contributed by atoms with Crippen LogP contribution >= 0.6 is 0 Å². The molecular weight excluding hydrogens is 248 g/mol. The topological polar surface area (TPSA) is 24.5 Å². The maximum absolute atomic E-state index is 5.27. The number of ether oxygens (including phenoxy) is 1. The van der Waals surface area contributed by atoms with E-state index in [1.165, 1.54) is 45.1 Å². The molecule has 2 atom stereocenters. The van der Waals surface area contributed by atoms with Gasteiger partial charge in [-0.05, 0) is 64.5 Å². The van der Waals surface area contributed by atoms with Crippen molar-refractivity contribution in [3.63, 3.8) is 0 Å². The standard InChI is InChI=1S/C17H36N2O/c1-5-11-18-17(6-2)8-7-12-19(13-14-20-4)15(3)16-9-10-16/h15-18H,5-14H2,1-4H3. The lowest BCUT2D eigenvalue weighted by Gasteiger charge is -2.29. The van der Waals surface area contributed by atoms with Crippen LogP contribution in [0.4, 0.5) is 0 Å². The molecule has 0 amide bonds. The average molecular weight is 284 g/mol. The van der Waals surface area contributed by atoms with Gasteiger partial charge in [-0.25, -0.2) is 0 Å². The van der Waals surface area contributed by atoms with Gasteiger partial charge in [-0.2, -0.15) is 0 Å². The molecule has 120 valence electrons. The zero-order valence-corrected chi connectivity index (χ0v) is 14.2. The van der Waals surface area contributed by atoms with Gasteiger partial charge in [-0.15, -0.1) is 0 Å². The molecule has 0 aromatic carbocycles. The fourth-order valence-corrected chi connectivity index (χ4v) is 2.94. The van der Waals surface area contributed by atoms with E-state index in [2.05, 4.69) is 31.0 Å². The van der Waals surface area contributed by atoms with E-state index in [-0.39, 0.29) is 0 Å². The normalized spacial score (nSPS) is 18.4. The summed E-state index contributed by atoms with van der Waals surface area (Å²) in [5.74, 6) is 0.951. The highest BCUT2D eigenvalue weighted by Gasteiger charge is 2.31. The van der Waals surface area contributed by atoms with Crippen molar-refractivity contribution < 1.29 is 4.74 Å². The number of rotatable bonds is 13. The lowest BCUT2D eigenvalue weighted by atomic mass is 10.1. The summed E-state index contributed by atoms with van der Waals surface area (Å²) < 4.78 is 5.27. The monoisotopic (exact) mass is 284 g/mol. The Balaban J connectivity index is 2.25. The average Bonchev–Trinajstić information content (AvgIpc) is 3.29. The Morgan fingerprint density at radius 1 is 1.25 bits per heavy atom. The third kappa shape index (κ3) is 7.05. The molecule has 1 aliphatic rings. The zero-order chi connectivity index (χ0) is 14.8. The van der Waals surface area contributed by atoms with Gasteiger partial charge >= 0.3 is 0 Å². The van der Waals surface area contributed by atoms with E-state index in [0.29, 0.717) is 6.04 Å². The summed E-state index contributed by atoms with van der Waals surface area (Å²) in [6.45, 7) is 11.3. The van der Waals surface area contributed by atoms with Crippen LogP contribution in [0, 0.1) is 5.92 Å². The van der Waals surface area contributed by atoms with Crippen LogP contribution in [0.15, 0.2) is 0 Å². The third-order valence-corrected chi connectivity index (χ3v) is 4.64. The van der Waals surface area contributed by atoms with E-state index in [9.17, 15) is 0 Å². The maximum atomic E-state index is 5.27. The highest BCUT2D eigenvalue weighted by atomic mass is 16.5. The zero-order valence-electron chi connectivity index (χ0n) is 14.2. The van der Waals surface area contributed by atoms with E-state index in [1.54, 1.807) is 0 Å². The Hall–Kier alpha value is -0.120. The molecule has 20 heavy (non-hydrogen) atoms. The van der Waals surface area contributed by atoms with Crippen LogP contribution in [0.1, 0.15) is 59.3 Å². The van der Waals surface area contributed by atoms with Crippen LogP contribution in [-0.4, -0.2) is 50.3 Å². The largest absolute Gasteiger partial charge is 0.383 e. The molecule has 2 unspecified atom stereocenters. The summed E-state index contributed by atoms with van der Waals surface area (Å²) in [4.78, 5) is 2.65. The first kappa shape index (κ1) is 17.9. The smallest absolute Gasteiger partial charge is 0.0589 e. The molecule has 1 rings (SSSR count). The number of nitrogens with one attached hydrogen (secondary N) is 1. The molecule has 1 N–H and O–H groups in total. The van der Waals surface area contributed by atoms with Crippen LogP contribution in [-0.2, 0) is 4.74 Å². The molecule has 3 nitrogen and oxygen atoms in total. The van der Waals surface area contributed by atoms with Gasteiger partial charge in [0.15, 0.2) is 0 Å². The van der Waals surface area contributed by atoms with Crippen molar-refractivity contribution in [2.45, 2.75) is 71.4 Å². The molecular formula is C17H36N2O. The second-order valence-corrected chi connectivity index (χ2v) is 6.31. The molecule has 0 aliphatic heterocycles. The summed E-state index contributed by atoms with van der Waals surface area (Å²) in [7, 11) is 1.81. The van der Waals surface area contributed by atoms with Crippen molar-refractivity contribution in [1.82, 2.24) is 10.2 Å². The van der Waals surface area contributed by atoms with Crippen LogP contribution < -0.4 is 5.32 Å². The van der Waals surface area contributed by atoms with Gasteiger partial charge in [-0.3, -0.25) is 4.90 Å². The molecule has 3 heteroatoms. The van der Waals surface area contributed by atoms with Crippen molar-refractivity contribution in [3.8, 4) is 0 Å². The fourth-order valence-electron chi connectivity index (χ4n) is 2.94. The first-order valence-corrected chi connectivity index (χ1v) is 8.69. The van der Waals surface area contributed by atoms with Gasteiger partial charge in [0.25, 0.3) is 0 Å². The van der Waals surface area contributed by atoms with Gasteiger partial charge in [0.1, 0.15) is 0 Å². The minimum absolute atomic E-state index is 0.704. The van der Waals surface area contributed by atoms with Crippen LogP contribution in [0.3, 0.4) is 0 Å². The van der Waals surface area contributed by atoms with Gasteiger partial charge in [0, 0.05) is 25.7 Å². The lowest BCUT2D eigenvalue weighted by Crippen LogP contribution is -2.38. The Morgan fingerprint density at radius 2 is 2.00 bits per heavy atom. The second-order valence-electron chi connectivity index (χ2n) is 6.31. The van der Waals surface area contributed by atoms with Crippen molar-refractivity contribution in [3.05, 3.63) is 0 Å². The summed E-state index contributed by atoms with van der Waals surface area (Å²) in [5.41, 5.74) is 0. The number of hydrogen-bond donors (Lipinski definition) is 1. The van der Waals surface area contributed by atoms with Crippen molar-refractivity contribution >= 4 is 0 Å². The summed E-state index contributed by atoms with van der Waals surface area (Å²) in [6, 6.07) is 1.45. The van der Waals surface area contributed by atoms with Crippen LogP contribution in [0.5, 0.6) is 0 Å². The maximum Gasteiger partial charge on any atom is 0.0589 e. The number of hydrogen-bond acceptors (Lipinski definition) is 3. The van der Waals surface area contributed by atoms with E-state index >= 15 is 0 Å². The molecule has 1 fully saturated rings. The molecule has 0 heterocycles. The first-order valence-electron chi connectivity index (χ1n) is 8.69. The molecule has 0 bridgehead atoms. The Labute approximate surface area is 126 Å². The summed E-state index contributed by atoms with van der Waals surface area (Å²) >= 11 is 0. The minimum Gasteiger partial charge on any atom is -0.383 e. The molecule has 1 aliphatic carbocycles. The highest BCUT2D eigenvalue weighted by Crippen LogP contribution is 2.35. The first-order chi connectivity index (χ1) is 9.72. The quantitative estimate of drug-likeness (QED) is 0.562. The van der Waals surface area contributed by atoms with Crippen LogP contribution in [0.25, 0.3) is 0 Å². The molecule has 0 aromatic heterocycles. The molecule has 0 spiro atoms. The molecule has 1 saturated carbocycles.